The molecule has 12 heavy (non-hydrogen) atoms. The first-order chi connectivity index (χ1) is 5.75. The summed E-state index contributed by atoms with van der Waals surface area (Å²) in [5.74, 6) is -0.732. The fraction of sp³-hybridized carbons (Fsp3) is 0.286. The van der Waals surface area contributed by atoms with Crippen molar-refractivity contribution in [1.29, 1.82) is 0 Å². The van der Waals surface area contributed by atoms with Crippen molar-refractivity contribution < 1.29 is 19.1 Å². The van der Waals surface area contributed by atoms with Gasteiger partial charge in [-0.15, -0.1) is 0 Å². The number of carbonyl (C=O) groups is 3. The molecule has 0 fully saturated rings. The van der Waals surface area contributed by atoms with E-state index < -0.39 is 0 Å². The summed E-state index contributed by atoms with van der Waals surface area (Å²) in [7, 11) is 0. The molecule has 2 amide bonds. The lowest BCUT2D eigenvalue weighted by atomic mass is 10.5. The number of carbonyl (C=O) groups excluding carboxylic acids is 3. The van der Waals surface area contributed by atoms with E-state index in [2.05, 4.69) is 4.74 Å². The van der Waals surface area contributed by atoms with Crippen LogP contribution in [0.3, 0.4) is 0 Å². The molecule has 0 saturated heterocycles. The van der Waals surface area contributed by atoms with Crippen LogP contribution in [0.25, 0.3) is 0 Å². The van der Waals surface area contributed by atoms with Gasteiger partial charge >= 0.3 is 0 Å². The van der Waals surface area contributed by atoms with E-state index in [0.717, 1.165) is 4.90 Å². The SMILES string of the molecule is O=COCCN1C(=O)C=CC1=O. The monoisotopic (exact) mass is 169 g/mol. The van der Waals surface area contributed by atoms with Crippen LogP contribution >= 0.6 is 0 Å². The fourth-order valence-corrected chi connectivity index (χ4v) is 0.844. The molecule has 64 valence electrons. The van der Waals surface area contributed by atoms with Crippen LogP contribution in [0.4, 0.5) is 0 Å². The second-order valence-electron chi connectivity index (χ2n) is 2.13. The molecule has 0 bridgehead atoms. The highest BCUT2D eigenvalue weighted by Gasteiger charge is 2.22. The van der Waals surface area contributed by atoms with Gasteiger partial charge in [0.1, 0.15) is 6.61 Å². The molecule has 5 nitrogen and oxygen atoms in total. The van der Waals surface area contributed by atoms with E-state index in [4.69, 9.17) is 0 Å². The molecule has 0 aromatic carbocycles. The van der Waals surface area contributed by atoms with E-state index in [-0.39, 0.29) is 31.4 Å². The molecule has 1 heterocycles. The Bertz CT molecular complexity index is 228. The molecule has 1 aliphatic rings. The topological polar surface area (TPSA) is 63.7 Å². The smallest absolute Gasteiger partial charge is 0.293 e. The van der Waals surface area contributed by atoms with Crippen molar-refractivity contribution in [3.05, 3.63) is 12.2 Å². The second kappa shape index (κ2) is 3.66. The number of amides is 2. The van der Waals surface area contributed by atoms with Gasteiger partial charge in [-0.1, -0.05) is 0 Å². The van der Waals surface area contributed by atoms with E-state index in [1.165, 1.54) is 12.2 Å². The molecule has 0 atom stereocenters. The molecule has 0 aliphatic carbocycles. The summed E-state index contributed by atoms with van der Waals surface area (Å²) in [6, 6.07) is 0. The predicted molar refractivity (Wildman–Crippen MR) is 37.9 cm³/mol. The molecular weight excluding hydrogens is 162 g/mol. The van der Waals surface area contributed by atoms with E-state index in [1.54, 1.807) is 0 Å². The largest absolute Gasteiger partial charge is 0.466 e. The Kier molecular flexibility index (Phi) is 2.57. The lowest BCUT2D eigenvalue weighted by molar-refractivity contribution is -0.140. The van der Waals surface area contributed by atoms with Crippen LogP contribution in [0.5, 0.6) is 0 Å². The zero-order valence-electron chi connectivity index (χ0n) is 6.23. The number of ether oxygens (including phenoxy) is 1. The lowest BCUT2D eigenvalue weighted by Gasteiger charge is -2.11. The zero-order chi connectivity index (χ0) is 8.97. The van der Waals surface area contributed by atoms with Gasteiger partial charge in [-0.25, -0.2) is 0 Å². The van der Waals surface area contributed by atoms with Crippen molar-refractivity contribution >= 4 is 18.3 Å². The summed E-state index contributed by atoms with van der Waals surface area (Å²) >= 11 is 0. The normalized spacial score (nSPS) is 15.5. The number of rotatable bonds is 4. The maximum atomic E-state index is 10.9. The Balaban J connectivity index is 2.37. The summed E-state index contributed by atoms with van der Waals surface area (Å²) in [6.45, 7) is 0.435. The molecule has 0 unspecified atom stereocenters. The van der Waals surface area contributed by atoms with Crippen molar-refractivity contribution in [2.75, 3.05) is 13.2 Å². The standard InChI is InChI=1S/C7H7NO4/c9-5-12-4-3-8-6(10)1-2-7(8)11/h1-2,5H,3-4H2. The summed E-state index contributed by atoms with van der Waals surface area (Å²) in [4.78, 5) is 32.4. The molecule has 1 rings (SSSR count). The lowest BCUT2D eigenvalue weighted by Crippen LogP contribution is -2.33. The summed E-state index contributed by atoms with van der Waals surface area (Å²) in [5.41, 5.74) is 0. The zero-order valence-corrected chi connectivity index (χ0v) is 6.23. The maximum Gasteiger partial charge on any atom is 0.293 e. The molecule has 0 N–H and O–H groups in total. The average molecular weight is 169 g/mol. The number of nitrogens with zero attached hydrogens (tertiary/aromatic N) is 1. The quantitative estimate of drug-likeness (QED) is 0.310. The van der Waals surface area contributed by atoms with E-state index in [1.807, 2.05) is 0 Å². The average Bonchev–Trinajstić information content (AvgIpc) is 2.35. The van der Waals surface area contributed by atoms with Crippen LogP contribution in [-0.2, 0) is 19.1 Å². The molecule has 0 radical (unpaired) electrons. The van der Waals surface area contributed by atoms with Gasteiger partial charge in [0.25, 0.3) is 18.3 Å². The Labute approximate surface area is 68.6 Å². The first-order valence-electron chi connectivity index (χ1n) is 3.34. The highest BCUT2D eigenvalue weighted by atomic mass is 16.5. The van der Waals surface area contributed by atoms with E-state index in [0.29, 0.717) is 0 Å². The Morgan fingerprint density at radius 3 is 2.42 bits per heavy atom. The van der Waals surface area contributed by atoms with Crippen molar-refractivity contribution in [3.63, 3.8) is 0 Å². The van der Waals surface area contributed by atoms with Crippen molar-refractivity contribution in [1.82, 2.24) is 4.90 Å². The maximum absolute atomic E-state index is 10.9. The molecule has 1 aliphatic heterocycles. The second-order valence-corrected chi connectivity index (χ2v) is 2.13. The van der Waals surface area contributed by atoms with E-state index in [9.17, 15) is 14.4 Å². The third-order valence-electron chi connectivity index (χ3n) is 1.40. The Hall–Kier alpha value is -1.65. The molecular formula is C7H7NO4. The van der Waals surface area contributed by atoms with Crippen LogP contribution < -0.4 is 0 Å². The molecule has 0 aromatic heterocycles. The van der Waals surface area contributed by atoms with Gasteiger partial charge in [0, 0.05) is 12.2 Å². The van der Waals surface area contributed by atoms with Crippen molar-refractivity contribution in [2.45, 2.75) is 0 Å². The molecule has 0 spiro atoms. The van der Waals surface area contributed by atoms with Gasteiger partial charge in [-0.2, -0.15) is 0 Å². The van der Waals surface area contributed by atoms with Crippen LogP contribution in [0.1, 0.15) is 0 Å². The van der Waals surface area contributed by atoms with Gasteiger partial charge in [-0.3, -0.25) is 19.3 Å². The van der Waals surface area contributed by atoms with E-state index >= 15 is 0 Å². The highest BCUT2D eigenvalue weighted by Crippen LogP contribution is 2.01. The number of imide groups is 1. The molecule has 0 aromatic rings. The predicted octanol–water partition coefficient (Wildman–Crippen LogP) is -0.916. The fourth-order valence-electron chi connectivity index (χ4n) is 0.844. The summed E-state index contributed by atoms with van der Waals surface area (Å²) in [5, 5.41) is 0. The van der Waals surface area contributed by atoms with Gasteiger partial charge in [0.15, 0.2) is 0 Å². The number of hydrogen-bond acceptors (Lipinski definition) is 4. The van der Waals surface area contributed by atoms with Crippen LogP contribution in [0.2, 0.25) is 0 Å². The number of hydrogen-bond donors (Lipinski definition) is 0. The van der Waals surface area contributed by atoms with Crippen molar-refractivity contribution in [3.8, 4) is 0 Å². The first kappa shape index (κ1) is 8.45. The van der Waals surface area contributed by atoms with Gasteiger partial charge in [0.2, 0.25) is 0 Å². The Morgan fingerprint density at radius 1 is 1.33 bits per heavy atom. The van der Waals surface area contributed by atoms with Gasteiger partial charge in [-0.05, 0) is 0 Å². The van der Waals surface area contributed by atoms with Gasteiger partial charge < -0.3 is 4.74 Å². The Morgan fingerprint density at radius 2 is 1.92 bits per heavy atom. The first-order valence-corrected chi connectivity index (χ1v) is 3.34. The minimum Gasteiger partial charge on any atom is -0.466 e. The van der Waals surface area contributed by atoms with Crippen molar-refractivity contribution in [2.24, 2.45) is 0 Å². The van der Waals surface area contributed by atoms with Crippen LogP contribution in [0, 0.1) is 0 Å². The van der Waals surface area contributed by atoms with Gasteiger partial charge in [0.05, 0.1) is 6.54 Å². The minimum absolute atomic E-state index is 0.0443. The van der Waals surface area contributed by atoms with Crippen LogP contribution in [-0.4, -0.2) is 36.3 Å². The highest BCUT2D eigenvalue weighted by molar-refractivity contribution is 6.12. The van der Waals surface area contributed by atoms with Crippen LogP contribution in [0.15, 0.2) is 12.2 Å². The third kappa shape index (κ3) is 1.69. The summed E-state index contributed by atoms with van der Waals surface area (Å²) < 4.78 is 4.34. The third-order valence-corrected chi connectivity index (χ3v) is 1.40. The molecule has 5 heteroatoms. The minimum atomic E-state index is -0.366. The molecule has 0 saturated carbocycles. The summed E-state index contributed by atoms with van der Waals surface area (Å²) in [6.07, 6.45) is 2.37.